The molecule has 132 valence electrons. The Hall–Kier alpha value is -1.79. The highest BCUT2D eigenvalue weighted by Gasteiger charge is 2.24. The van der Waals surface area contributed by atoms with E-state index in [0.717, 1.165) is 44.6 Å². The Morgan fingerprint density at radius 3 is 2.83 bits per heavy atom. The van der Waals surface area contributed by atoms with Crippen molar-refractivity contribution in [1.29, 1.82) is 0 Å². The van der Waals surface area contributed by atoms with E-state index >= 15 is 0 Å². The van der Waals surface area contributed by atoms with Crippen LogP contribution in [0.2, 0.25) is 0 Å². The van der Waals surface area contributed by atoms with E-state index in [1.807, 2.05) is 18.2 Å². The lowest BCUT2D eigenvalue weighted by atomic mass is 10.2. The average molecular weight is 334 g/mol. The molecular formula is C18H26N2O4. The van der Waals surface area contributed by atoms with E-state index in [4.69, 9.17) is 9.47 Å². The quantitative estimate of drug-likeness (QED) is 0.822. The Morgan fingerprint density at radius 1 is 1.25 bits per heavy atom. The van der Waals surface area contributed by atoms with Gasteiger partial charge < -0.3 is 19.5 Å². The van der Waals surface area contributed by atoms with Crippen molar-refractivity contribution in [3.05, 3.63) is 18.2 Å². The molecule has 0 saturated carbocycles. The number of carbonyl (C=O) groups excluding carboxylic acids is 1. The smallest absolute Gasteiger partial charge is 0.227 e. The second-order valence-electron chi connectivity index (χ2n) is 6.35. The summed E-state index contributed by atoms with van der Waals surface area (Å²) in [4.78, 5) is 15.9. The largest absolute Gasteiger partial charge is 0.493 e. The first-order valence-corrected chi connectivity index (χ1v) is 8.69. The number of anilines is 1. The first kappa shape index (κ1) is 17.0. The van der Waals surface area contributed by atoms with Gasteiger partial charge in [-0.2, -0.15) is 0 Å². The van der Waals surface area contributed by atoms with Crippen molar-refractivity contribution in [3.8, 4) is 11.5 Å². The van der Waals surface area contributed by atoms with Gasteiger partial charge in [-0.15, -0.1) is 0 Å². The minimum Gasteiger partial charge on any atom is -0.493 e. The minimum atomic E-state index is 0.162. The van der Waals surface area contributed by atoms with Gasteiger partial charge in [0.2, 0.25) is 5.91 Å². The molecule has 1 amide bonds. The van der Waals surface area contributed by atoms with Crippen LogP contribution in [0.4, 0.5) is 5.69 Å². The standard InChI is InChI=1S/C18H26N2O4/c1-23-17-12-14(20-9-3-5-18(20)22)6-7-16(17)24-11-10-19-8-2-4-15(19)13-21/h6-7,12,15,21H,2-5,8-11,13H2,1H3/t15-/m0/s1. The molecule has 0 aromatic heterocycles. The van der Waals surface area contributed by atoms with Gasteiger partial charge in [-0.1, -0.05) is 0 Å². The van der Waals surface area contributed by atoms with Gasteiger partial charge in [0.05, 0.1) is 13.7 Å². The summed E-state index contributed by atoms with van der Waals surface area (Å²) in [5, 5.41) is 9.36. The van der Waals surface area contributed by atoms with Gasteiger partial charge in [-0.3, -0.25) is 9.69 Å². The monoisotopic (exact) mass is 334 g/mol. The summed E-state index contributed by atoms with van der Waals surface area (Å²) in [6.45, 7) is 3.33. The molecular weight excluding hydrogens is 308 g/mol. The fourth-order valence-corrected chi connectivity index (χ4v) is 3.53. The lowest BCUT2D eigenvalue weighted by Gasteiger charge is -2.23. The number of benzene rings is 1. The van der Waals surface area contributed by atoms with Gasteiger partial charge in [0.25, 0.3) is 0 Å². The molecule has 0 spiro atoms. The van der Waals surface area contributed by atoms with Gasteiger partial charge in [0.1, 0.15) is 6.61 Å². The van der Waals surface area contributed by atoms with Crippen molar-refractivity contribution in [3.63, 3.8) is 0 Å². The van der Waals surface area contributed by atoms with Gasteiger partial charge in [-0.05, 0) is 37.9 Å². The molecule has 1 aromatic carbocycles. The maximum atomic E-state index is 11.9. The van der Waals surface area contributed by atoms with Crippen molar-refractivity contribution < 1.29 is 19.4 Å². The Balaban J connectivity index is 1.60. The van der Waals surface area contributed by atoms with E-state index in [0.29, 0.717) is 24.5 Å². The molecule has 2 aliphatic heterocycles. The maximum Gasteiger partial charge on any atom is 0.227 e. The minimum absolute atomic E-state index is 0.162. The highest BCUT2D eigenvalue weighted by molar-refractivity contribution is 5.95. The predicted molar refractivity (Wildman–Crippen MR) is 91.8 cm³/mol. The molecule has 0 unspecified atom stereocenters. The molecule has 3 rings (SSSR count). The molecule has 24 heavy (non-hydrogen) atoms. The maximum absolute atomic E-state index is 11.9. The molecule has 1 atom stereocenters. The lowest BCUT2D eigenvalue weighted by molar-refractivity contribution is -0.117. The number of ether oxygens (including phenoxy) is 2. The normalized spacial score (nSPS) is 21.5. The molecule has 1 aromatic rings. The van der Waals surface area contributed by atoms with Crippen molar-refractivity contribution in [2.75, 3.05) is 44.9 Å². The van der Waals surface area contributed by atoms with Crippen molar-refractivity contribution in [1.82, 2.24) is 4.90 Å². The topological polar surface area (TPSA) is 62.2 Å². The fraction of sp³-hybridized carbons (Fsp3) is 0.611. The first-order valence-electron chi connectivity index (χ1n) is 8.69. The zero-order valence-corrected chi connectivity index (χ0v) is 14.2. The average Bonchev–Trinajstić information content (AvgIpc) is 3.23. The van der Waals surface area contributed by atoms with Crippen molar-refractivity contribution >= 4 is 11.6 Å². The summed E-state index contributed by atoms with van der Waals surface area (Å²) in [6, 6.07) is 5.91. The molecule has 2 aliphatic rings. The Labute approximate surface area is 143 Å². The highest BCUT2D eigenvalue weighted by atomic mass is 16.5. The van der Waals surface area contributed by atoms with Crippen LogP contribution in [0.3, 0.4) is 0 Å². The van der Waals surface area contributed by atoms with Gasteiger partial charge >= 0.3 is 0 Å². The van der Waals surface area contributed by atoms with Crippen LogP contribution in [0.1, 0.15) is 25.7 Å². The Bertz CT molecular complexity index is 578. The van der Waals surface area contributed by atoms with Crippen LogP contribution in [-0.4, -0.2) is 61.9 Å². The lowest BCUT2D eigenvalue weighted by Crippen LogP contribution is -2.35. The number of methoxy groups -OCH3 is 1. The van der Waals surface area contributed by atoms with Crippen LogP contribution in [0.15, 0.2) is 18.2 Å². The summed E-state index contributed by atoms with van der Waals surface area (Å²) >= 11 is 0. The summed E-state index contributed by atoms with van der Waals surface area (Å²) in [5.74, 6) is 1.50. The first-order chi connectivity index (χ1) is 11.7. The van der Waals surface area contributed by atoms with E-state index in [2.05, 4.69) is 4.90 Å². The van der Waals surface area contributed by atoms with Crippen LogP contribution in [0.25, 0.3) is 0 Å². The molecule has 1 N–H and O–H groups in total. The van der Waals surface area contributed by atoms with E-state index < -0.39 is 0 Å². The number of nitrogens with zero attached hydrogens (tertiary/aromatic N) is 2. The number of carbonyl (C=O) groups is 1. The fourth-order valence-electron chi connectivity index (χ4n) is 3.53. The number of amides is 1. The van der Waals surface area contributed by atoms with E-state index in [-0.39, 0.29) is 18.6 Å². The van der Waals surface area contributed by atoms with Crippen LogP contribution < -0.4 is 14.4 Å². The van der Waals surface area contributed by atoms with Crippen molar-refractivity contribution in [2.24, 2.45) is 0 Å². The van der Waals surface area contributed by atoms with Gasteiger partial charge in [0, 0.05) is 37.3 Å². The van der Waals surface area contributed by atoms with E-state index in [1.54, 1.807) is 12.0 Å². The molecule has 2 fully saturated rings. The SMILES string of the molecule is COc1cc(N2CCCC2=O)ccc1OCCN1CCC[C@H]1CO. The molecule has 0 aliphatic carbocycles. The van der Waals surface area contributed by atoms with Gasteiger partial charge in [-0.25, -0.2) is 0 Å². The summed E-state index contributed by atoms with van der Waals surface area (Å²) in [6.07, 6.45) is 3.70. The number of aliphatic hydroxyl groups is 1. The molecule has 6 heteroatoms. The van der Waals surface area contributed by atoms with Crippen molar-refractivity contribution in [2.45, 2.75) is 31.7 Å². The highest BCUT2D eigenvalue weighted by Crippen LogP contribution is 2.33. The number of likely N-dealkylation sites (tertiary alicyclic amines) is 1. The molecule has 0 radical (unpaired) electrons. The summed E-state index contributed by atoms with van der Waals surface area (Å²) in [5.41, 5.74) is 0.863. The third-order valence-electron chi connectivity index (χ3n) is 4.88. The second-order valence-corrected chi connectivity index (χ2v) is 6.35. The second kappa shape index (κ2) is 7.85. The Morgan fingerprint density at radius 2 is 2.12 bits per heavy atom. The predicted octanol–water partition coefficient (Wildman–Crippen LogP) is 1.66. The van der Waals surface area contributed by atoms with Crippen LogP contribution >= 0.6 is 0 Å². The van der Waals surface area contributed by atoms with E-state index in [9.17, 15) is 9.90 Å². The third-order valence-corrected chi connectivity index (χ3v) is 4.88. The van der Waals surface area contributed by atoms with Gasteiger partial charge in [0.15, 0.2) is 11.5 Å². The Kier molecular flexibility index (Phi) is 5.58. The van der Waals surface area contributed by atoms with Crippen LogP contribution in [0, 0.1) is 0 Å². The van der Waals surface area contributed by atoms with Crippen LogP contribution in [0.5, 0.6) is 11.5 Å². The third kappa shape index (κ3) is 3.65. The summed E-state index contributed by atoms with van der Waals surface area (Å²) in [7, 11) is 1.61. The summed E-state index contributed by atoms with van der Waals surface area (Å²) < 4.78 is 11.3. The number of aliphatic hydroxyl groups excluding tert-OH is 1. The molecule has 0 bridgehead atoms. The number of hydrogen-bond acceptors (Lipinski definition) is 5. The molecule has 2 saturated heterocycles. The molecule has 2 heterocycles. The number of rotatable bonds is 7. The molecule has 6 nitrogen and oxygen atoms in total. The van der Waals surface area contributed by atoms with E-state index in [1.165, 1.54) is 0 Å². The zero-order valence-electron chi connectivity index (χ0n) is 14.2. The number of hydrogen-bond donors (Lipinski definition) is 1. The van der Waals surface area contributed by atoms with Crippen LogP contribution in [-0.2, 0) is 4.79 Å². The zero-order chi connectivity index (χ0) is 16.9.